The van der Waals surface area contributed by atoms with Crippen LogP contribution in [0.4, 0.5) is 4.39 Å². The Kier molecular flexibility index (Phi) is 5.39. The summed E-state index contributed by atoms with van der Waals surface area (Å²) in [5.74, 6) is 0.274. The van der Waals surface area contributed by atoms with Gasteiger partial charge in [0.15, 0.2) is 0 Å². The summed E-state index contributed by atoms with van der Waals surface area (Å²) < 4.78 is 18.4. The maximum absolute atomic E-state index is 13.2. The molecule has 25 heavy (non-hydrogen) atoms. The number of amides is 1. The molecule has 0 bridgehead atoms. The summed E-state index contributed by atoms with van der Waals surface area (Å²) in [5.41, 5.74) is 1.80. The number of methoxy groups -OCH3 is 1. The van der Waals surface area contributed by atoms with Gasteiger partial charge in [-0.25, -0.2) is 4.39 Å². The van der Waals surface area contributed by atoms with Gasteiger partial charge >= 0.3 is 0 Å². The first-order chi connectivity index (χ1) is 12.1. The molecule has 1 heterocycles. The third-order valence-corrected chi connectivity index (χ3v) is 4.69. The maximum atomic E-state index is 13.2. The van der Waals surface area contributed by atoms with Crippen LogP contribution in [0.1, 0.15) is 30.0 Å². The molecule has 0 N–H and O–H groups in total. The van der Waals surface area contributed by atoms with E-state index >= 15 is 0 Å². The number of benzene rings is 2. The SMILES string of the molecule is COc1ccc(C2CCCN2C(=O)C=Cc2ccc(F)c(Cl)c2)cc1. The average Bonchev–Trinajstić information content (AvgIpc) is 3.12. The number of carbonyl (C=O) groups excluding carboxylic acids is 1. The summed E-state index contributed by atoms with van der Waals surface area (Å²) in [4.78, 5) is 14.4. The van der Waals surface area contributed by atoms with Crippen LogP contribution in [0.5, 0.6) is 5.75 Å². The molecule has 1 saturated heterocycles. The van der Waals surface area contributed by atoms with Crippen molar-refractivity contribution in [3.05, 3.63) is 70.5 Å². The Morgan fingerprint density at radius 3 is 2.72 bits per heavy atom. The van der Waals surface area contributed by atoms with Gasteiger partial charge in [0.25, 0.3) is 0 Å². The molecule has 1 amide bonds. The summed E-state index contributed by atoms with van der Waals surface area (Å²) in [7, 11) is 1.63. The van der Waals surface area contributed by atoms with E-state index in [2.05, 4.69) is 0 Å². The molecule has 2 aromatic carbocycles. The molecule has 0 spiro atoms. The van der Waals surface area contributed by atoms with E-state index < -0.39 is 5.82 Å². The van der Waals surface area contributed by atoms with Crippen molar-refractivity contribution in [1.82, 2.24) is 4.90 Å². The van der Waals surface area contributed by atoms with E-state index in [0.717, 1.165) is 30.7 Å². The first-order valence-electron chi connectivity index (χ1n) is 8.16. The molecule has 2 aromatic rings. The zero-order chi connectivity index (χ0) is 17.8. The standard InChI is InChI=1S/C20H19ClFNO2/c1-25-16-8-6-15(7-9-16)19-3-2-12-23(19)20(24)11-5-14-4-10-18(22)17(21)13-14/h4-11,13,19H,2-3,12H2,1H3. The molecule has 0 radical (unpaired) electrons. The number of hydrogen-bond donors (Lipinski definition) is 0. The monoisotopic (exact) mass is 359 g/mol. The largest absolute Gasteiger partial charge is 0.497 e. The maximum Gasteiger partial charge on any atom is 0.247 e. The Hall–Kier alpha value is -2.33. The van der Waals surface area contributed by atoms with Gasteiger partial charge in [-0.15, -0.1) is 0 Å². The Morgan fingerprint density at radius 1 is 1.28 bits per heavy atom. The lowest BCUT2D eigenvalue weighted by atomic mass is 10.0. The van der Waals surface area contributed by atoms with Gasteiger partial charge in [0.05, 0.1) is 18.2 Å². The number of ether oxygens (including phenoxy) is 1. The number of likely N-dealkylation sites (tertiary alicyclic amines) is 1. The minimum absolute atomic E-state index is 0.0480. The van der Waals surface area contributed by atoms with Crippen LogP contribution in [0.25, 0.3) is 6.08 Å². The van der Waals surface area contributed by atoms with Crippen molar-refractivity contribution in [3.63, 3.8) is 0 Å². The first kappa shape index (κ1) is 17.5. The van der Waals surface area contributed by atoms with Crippen LogP contribution in [0, 0.1) is 5.82 Å². The van der Waals surface area contributed by atoms with E-state index in [1.165, 1.54) is 18.2 Å². The lowest BCUT2D eigenvalue weighted by Gasteiger charge is -2.24. The van der Waals surface area contributed by atoms with Crippen molar-refractivity contribution < 1.29 is 13.9 Å². The third-order valence-electron chi connectivity index (χ3n) is 4.40. The molecule has 0 saturated carbocycles. The molecule has 1 unspecified atom stereocenters. The molecule has 3 rings (SSSR count). The highest BCUT2D eigenvalue weighted by Gasteiger charge is 2.28. The number of hydrogen-bond acceptors (Lipinski definition) is 2. The van der Waals surface area contributed by atoms with E-state index in [-0.39, 0.29) is 17.0 Å². The average molecular weight is 360 g/mol. The fraction of sp³-hybridized carbons (Fsp3) is 0.250. The van der Waals surface area contributed by atoms with Crippen molar-refractivity contribution in [2.75, 3.05) is 13.7 Å². The Labute approximate surface area is 151 Å². The number of halogens is 2. The molecular weight excluding hydrogens is 341 g/mol. The molecule has 130 valence electrons. The van der Waals surface area contributed by atoms with Gasteiger partial charge in [-0.05, 0) is 54.3 Å². The Balaban J connectivity index is 1.73. The van der Waals surface area contributed by atoms with Gasteiger partial charge in [-0.2, -0.15) is 0 Å². The van der Waals surface area contributed by atoms with Crippen LogP contribution < -0.4 is 4.74 Å². The van der Waals surface area contributed by atoms with E-state index in [1.54, 1.807) is 19.3 Å². The van der Waals surface area contributed by atoms with Crippen LogP contribution in [0.15, 0.2) is 48.5 Å². The highest BCUT2D eigenvalue weighted by atomic mass is 35.5. The fourth-order valence-electron chi connectivity index (χ4n) is 3.08. The van der Waals surface area contributed by atoms with Crippen molar-refractivity contribution in [2.24, 2.45) is 0 Å². The zero-order valence-corrected chi connectivity index (χ0v) is 14.7. The van der Waals surface area contributed by atoms with Crippen LogP contribution in [0.3, 0.4) is 0 Å². The highest BCUT2D eigenvalue weighted by Crippen LogP contribution is 2.33. The molecule has 0 aliphatic carbocycles. The smallest absolute Gasteiger partial charge is 0.247 e. The van der Waals surface area contributed by atoms with Gasteiger partial charge in [0, 0.05) is 12.6 Å². The molecule has 1 aliphatic rings. The summed E-state index contributed by atoms with van der Waals surface area (Å²) in [6.07, 6.45) is 5.09. The molecule has 5 heteroatoms. The minimum Gasteiger partial charge on any atom is -0.497 e. The second kappa shape index (κ2) is 7.70. The summed E-state index contributed by atoms with van der Waals surface area (Å²) >= 11 is 5.77. The molecule has 1 fully saturated rings. The Morgan fingerprint density at radius 2 is 2.04 bits per heavy atom. The predicted octanol–water partition coefficient (Wildman–Crippen LogP) is 4.86. The van der Waals surface area contributed by atoms with Gasteiger partial charge in [-0.3, -0.25) is 4.79 Å². The van der Waals surface area contributed by atoms with E-state index in [1.807, 2.05) is 29.2 Å². The van der Waals surface area contributed by atoms with Crippen LogP contribution >= 0.6 is 11.6 Å². The normalized spacial score (nSPS) is 17.2. The number of carbonyl (C=O) groups is 1. The lowest BCUT2D eigenvalue weighted by Crippen LogP contribution is -2.28. The van der Waals surface area contributed by atoms with Gasteiger partial charge in [0.2, 0.25) is 5.91 Å². The van der Waals surface area contributed by atoms with E-state index in [4.69, 9.17) is 16.3 Å². The molecule has 3 nitrogen and oxygen atoms in total. The molecular formula is C20H19ClFNO2. The molecule has 1 aliphatic heterocycles. The lowest BCUT2D eigenvalue weighted by molar-refractivity contribution is -0.126. The van der Waals surface area contributed by atoms with Crippen LogP contribution in [-0.2, 0) is 4.79 Å². The van der Waals surface area contributed by atoms with Crippen molar-refractivity contribution >= 4 is 23.6 Å². The second-order valence-electron chi connectivity index (χ2n) is 5.97. The van der Waals surface area contributed by atoms with Gasteiger partial charge < -0.3 is 9.64 Å². The summed E-state index contributed by atoms with van der Waals surface area (Å²) in [6.45, 7) is 0.726. The fourth-order valence-corrected chi connectivity index (χ4v) is 3.27. The first-order valence-corrected chi connectivity index (χ1v) is 8.54. The zero-order valence-electron chi connectivity index (χ0n) is 13.9. The molecule has 0 aromatic heterocycles. The van der Waals surface area contributed by atoms with E-state index in [0.29, 0.717) is 5.56 Å². The van der Waals surface area contributed by atoms with E-state index in [9.17, 15) is 9.18 Å². The topological polar surface area (TPSA) is 29.5 Å². The van der Waals surface area contributed by atoms with Gasteiger partial charge in [0.1, 0.15) is 11.6 Å². The highest BCUT2D eigenvalue weighted by molar-refractivity contribution is 6.30. The number of rotatable bonds is 4. The van der Waals surface area contributed by atoms with Crippen molar-refractivity contribution in [3.8, 4) is 5.75 Å². The second-order valence-corrected chi connectivity index (χ2v) is 6.38. The predicted molar refractivity (Wildman–Crippen MR) is 97.1 cm³/mol. The third kappa shape index (κ3) is 4.02. The molecule has 1 atom stereocenters. The quantitative estimate of drug-likeness (QED) is 0.729. The van der Waals surface area contributed by atoms with Crippen LogP contribution in [0.2, 0.25) is 5.02 Å². The Bertz CT molecular complexity index is 789. The number of nitrogens with zero attached hydrogens (tertiary/aromatic N) is 1. The van der Waals surface area contributed by atoms with Crippen molar-refractivity contribution in [2.45, 2.75) is 18.9 Å². The summed E-state index contributed by atoms with van der Waals surface area (Å²) in [5, 5.41) is 0.0480. The van der Waals surface area contributed by atoms with Crippen LogP contribution in [-0.4, -0.2) is 24.5 Å². The minimum atomic E-state index is -0.468. The van der Waals surface area contributed by atoms with Crippen molar-refractivity contribution in [1.29, 1.82) is 0 Å². The summed E-state index contributed by atoms with van der Waals surface area (Å²) in [6, 6.07) is 12.3. The van der Waals surface area contributed by atoms with Gasteiger partial charge in [-0.1, -0.05) is 29.8 Å².